The summed E-state index contributed by atoms with van der Waals surface area (Å²) in [7, 11) is 2.18. The molecule has 0 amide bonds. The van der Waals surface area contributed by atoms with Gasteiger partial charge in [0, 0.05) is 146 Å². The Balaban J connectivity index is 0.000000136. The van der Waals surface area contributed by atoms with E-state index in [4.69, 9.17) is 51.4 Å². The van der Waals surface area contributed by atoms with Gasteiger partial charge in [0.25, 0.3) is 0 Å². The van der Waals surface area contributed by atoms with Crippen molar-refractivity contribution in [2.24, 2.45) is 0 Å². The molecule has 12 N–H and O–H groups in total. The molecule has 8 heterocycles. The number of fused-ring (bicyclic) bond motifs is 4. The van der Waals surface area contributed by atoms with Gasteiger partial charge in [-0.15, -0.1) is 0 Å². The number of piperazine rings is 1. The first-order valence-electron chi connectivity index (χ1n) is 30.8. The minimum absolute atomic E-state index is 0.677. The van der Waals surface area contributed by atoms with E-state index in [0.717, 1.165) is 224 Å². The molecule has 4 aliphatic heterocycles. The molecule has 4 aromatic carbocycles. The number of hydrogen-bond donors (Lipinski definition) is 8. The number of ether oxygens (including phenoxy) is 6. The molecule has 0 unspecified atom stereocenters. The Labute approximate surface area is 502 Å². The van der Waals surface area contributed by atoms with E-state index in [9.17, 15) is 0 Å². The molecule has 85 heavy (non-hydrogen) atoms. The standard InChI is InChI=1S/C17H26N4O.C17H25N3O.2C16H23N3O2/c1-12-13(2)19-17-15(5-4-14(18)16(12)17)22-11-10-21-8-6-20(3)7-9-21;1-12-13(2)19-17-15(7-6-14(18)16(12)17)21-11-10-20-8-4-3-5-9-20;2*1-11-12(2)18-16-14(4-3-13(17)15(11)16)21-10-7-19-5-8-20-9-6-19/h4-5,19H,6-11,18H2,1-3H3;6-7,19H,3-5,8-11,18H2,1-2H3;2*3-4,18H,5-10,17H2,1-2H3. The van der Waals surface area contributed by atoms with Crippen LogP contribution in [-0.4, -0.2) is 196 Å². The number of nitrogens with one attached hydrogen (secondary N) is 4. The number of nitrogens with zero attached hydrogens (tertiary/aromatic N) is 5. The van der Waals surface area contributed by atoms with Gasteiger partial charge in [-0.1, -0.05) is 6.42 Å². The third-order valence-corrected chi connectivity index (χ3v) is 17.7. The predicted molar refractivity (Wildman–Crippen MR) is 349 cm³/mol. The van der Waals surface area contributed by atoms with Crippen LogP contribution in [0.2, 0.25) is 0 Å². The van der Waals surface area contributed by atoms with E-state index in [-0.39, 0.29) is 0 Å². The number of piperidine rings is 1. The molecule has 0 bridgehead atoms. The van der Waals surface area contributed by atoms with Crippen LogP contribution < -0.4 is 41.9 Å². The van der Waals surface area contributed by atoms with E-state index >= 15 is 0 Å². The van der Waals surface area contributed by atoms with E-state index in [1.54, 1.807) is 0 Å². The summed E-state index contributed by atoms with van der Waals surface area (Å²) in [5.74, 6) is 3.56. The zero-order valence-electron chi connectivity index (χ0n) is 52.3. The van der Waals surface area contributed by atoms with Crippen LogP contribution >= 0.6 is 0 Å². The van der Waals surface area contributed by atoms with E-state index in [1.807, 2.05) is 48.5 Å². The number of nitrogens with two attached hydrogens (primary N) is 4. The number of anilines is 4. The SMILES string of the molecule is Cc1[nH]c2c(OCCN3CCCCC3)ccc(N)c2c1C.Cc1[nH]c2c(OCCN3CCN(C)CC3)ccc(N)c2c1C.Cc1[nH]c2c(OCCN3CCOCC3)ccc(N)c2c1C.Cc1[nH]c2c(OCCN3CCOCC3)ccc(N)c2c1C. The Morgan fingerprint density at radius 1 is 0.353 bits per heavy atom. The monoisotopic (exact) mass is 1170 g/mol. The van der Waals surface area contributed by atoms with Crippen LogP contribution in [0.1, 0.15) is 64.3 Å². The van der Waals surface area contributed by atoms with Crippen molar-refractivity contribution in [3.63, 3.8) is 0 Å². The fourth-order valence-corrected chi connectivity index (χ4v) is 11.9. The van der Waals surface area contributed by atoms with Gasteiger partial charge in [0.1, 0.15) is 49.4 Å². The molecule has 0 saturated carbocycles. The Morgan fingerprint density at radius 3 is 0.894 bits per heavy atom. The van der Waals surface area contributed by atoms with Crippen molar-refractivity contribution in [3.8, 4) is 23.0 Å². The van der Waals surface area contributed by atoms with Gasteiger partial charge in [-0.2, -0.15) is 0 Å². The van der Waals surface area contributed by atoms with Gasteiger partial charge < -0.3 is 76.2 Å². The summed E-state index contributed by atoms with van der Waals surface area (Å²) < 4.78 is 34.7. The molecule has 0 aliphatic carbocycles. The third-order valence-electron chi connectivity index (χ3n) is 17.7. The van der Waals surface area contributed by atoms with Crippen LogP contribution in [0.5, 0.6) is 23.0 Å². The van der Waals surface area contributed by atoms with Crippen LogP contribution in [0, 0.1) is 55.4 Å². The fourth-order valence-electron chi connectivity index (χ4n) is 11.9. The number of hydrogen-bond acceptors (Lipinski definition) is 15. The van der Waals surface area contributed by atoms with E-state index in [1.165, 1.54) is 54.6 Å². The van der Waals surface area contributed by atoms with Crippen LogP contribution in [0.25, 0.3) is 43.6 Å². The van der Waals surface area contributed by atoms with Crippen molar-refractivity contribution in [2.75, 3.05) is 174 Å². The van der Waals surface area contributed by atoms with E-state index in [2.05, 4.69) is 107 Å². The minimum atomic E-state index is 0.677. The number of nitrogen functional groups attached to an aromatic ring is 4. The highest BCUT2D eigenvalue weighted by atomic mass is 16.5. The Hall–Kier alpha value is -6.84. The van der Waals surface area contributed by atoms with Crippen molar-refractivity contribution in [1.29, 1.82) is 0 Å². The summed E-state index contributed by atoms with van der Waals surface area (Å²) in [6.45, 7) is 37.4. The number of aromatic nitrogens is 4. The highest BCUT2D eigenvalue weighted by Crippen LogP contribution is 2.37. The topological polar surface area (TPSA) is 239 Å². The average molecular weight is 1170 g/mol. The van der Waals surface area contributed by atoms with Crippen LogP contribution in [0.4, 0.5) is 22.7 Å². The number of morpholine rings is 2. The Bertz CT molecular complexity index is 3180. The molecule has 462 valence electrons. The van der Waals surface area contributed by atoms with Crippen LogP contribution in [-0.2, 0) is 9.47 Å². The number of aryl methyl sites for hydroxylation is 8. The second-order valence-corrected chi connectivity index (χ2v) is 23.5. The molecule has 8 aromatic rings. The third kappa shape index (κ3) is 15.6. The summed E-state index contributed by atoms with van der Waals surface area (Å²) in [4.78, 5) is 25.6. The molecule has 19 heteroatoms. The Morgan fingerprint density at radius 2 is 0.612 bits per heavy atom. The summed E-state index contributed by atoms with van der Waals surface area (Å²) in [5.41, 5.74) is 41.1. The average Bonchev–Trinajstić information content (AvgIpc) is 3.05. The first-order valence-corrected chi connectivity index (χ1v) is 30.8. The lowest BCUT2D eigenvalue weighted by molar-refractivity contribution is 0.0322. The fraction of sp³-hybridized carbons (Fsp3) is 0.515. The first kappa shape index (κ1) is 62.7. The van der Waals surface area contributed by atoms with Gasteiger partial charge in [0.05, 0.1) is 48.5 Å². The van der Waals surface area contributed by atoms with Crippen molar-refractivity contribution in [3.05, 3.63) is 93.6 Å². The number of H-pyrrole nitrogens is 4. The maximum Gasteiger partial charge on any atom is 0.143 e. The maximum absolute atomic E-state index is 6.11. The lowest BCUT2D eigenvalue weighted by atomic mass is 10.1. The molecule has 0 spiro atoms. The van der Waals surface area contributed by atoms with E-state index < -0.39 is 0 Å². The molecule has 4 saturated heterocycles. The summed E-state index contributed by atoms with van der Waals surface area (Å²) in [6, 6.07) is 15.6. The number of likely N-dealkylation sites (tertiary alicyclic amines) is 1. The molecular weight excluding hydrogens is 1070 g/mol. The van der Waals surface area contributed by atoms with Gasteiger partial charge in [0.2, 0.25) is 0 Å². The maximum atomic E-state index is 6.11. The summed E-state index contributed by atoms with van der Waals surface area (Å²) >= 11 is 0. The molecule has 4 aliphatic rings. The van der Waals surface area contributed by atoms with Crippen molar-refractivity contribution < 1.29 is 28.4 Å². The smallest absolute Gasteiger partial charge is 0.143 e. The molecule has 12 rings (SSSR count). The lowest BCUT2D eigenvalue weighted by Crippen LogP contribution is -2.45. The second-order valence-electron chi connectivity index (χ2n) is 23.5. The highest BCUT2D eigenvalue weighted by molar-refractivity contribution is 6.01. The van der Waals surface area contributed by atoms with Crippen molar-refractivity contribution in [2.45, 2.75) is 74.7 Å². The van der Waals surface area contributed by atoms with E-state index in [0.29, 0.717) is 19.8 Å². The molecule has 19 nitrogen and oxygen atoms in total. The second kappa shape index (κ2) is 29.5. The van der Waals surface area contributed by atoms with Gasteiger partial charge in [-0.3, -0.25) is 19.6 Å². The summed E-state index contributed by atoms with van der Waals surface area (Å²) in [5, 5.41) is 4.35. The summed E-state index contributed by atoms with van der Waals surface area (Å²) in [6.07, 6.45) is 4.01. The van der Waals surface area contributed by atoms with Gasteiger partial charge in [-0.05, 0) is 159 Å². The molecule has 4 fully saturated rings. The normalized spacial score (nSPS) is 16.7. The Kier molecular flexibility index (Phi) is 21.8. The quantitative estimate of drug-likeness (QED) is 0.0421. The van der Waals surface area contributed by atoms with Gasteiger partial charge in [0.15, 0.2) is 0 Å². The largest absolute Gasteiger partial charge is 0.490 e. The minimum Gasteiger partial charge on any atom is -0.490 e. The number of benzene rings is 4. The van der Waals surface area contributed by atoms with Crippen LogP contribution in [0.15, 0.2) is 48.5 Å². The molecule has 4 aromatic heterocycles. The molecule has 0 atom stereocenters. The number of aromatic amines is 4. The van der Waals surface area contributed by atoms with Crippen LogP contribution in [0.3, 0.4) is 0 Å². The van der Waals surface area contributed by atoms with Gasteiger partial charge >= 0.3 is 0 Å². The number of rotatable bonds is 16. The van der Waals surface area contributed by atoms with Gasteiger partial charge in [-0.25, -0.2) is 0 Å². The lowest BCUT2D eigenvalue weighted by Gasteiger charge is -2.32. The molecular formula is C66H97N13O6. The molecule has 0 radical (unpaired) electrons. The number of likely N-dealkylation sites (N-methyl/N-ethyl adjacent to an activating group) is 1. The zero-order valence-corrected chi connectivity index (χ0v) is 52.3. The predicted octanol–water partition coefficient (Wildman–Crippen LogP) is 9.38. The van der Waals surface area contributed by atoms with Crippen molar-refractivity contribution >= 4 is 66.4 Å². The van der Waals surface area contributed by atoms with Crippen molar-refractivity contribution in [1.82, 2.24) is 44.4 Å². The first-order chi connectivity index (χ1) is 41.1. The highest BCUT2D eigenvalue weighted by Gasteiger charge is 2.20. The zero-order chi connectivity index (χ0) is 60.1.